The first kappa shape index (κ1) is 18.6. The summed E-state index contributed by atoms with van der Waals surface area (Å²) in [6.45, 7) is 2.08. The molecular formula is C21H22N2O4. The number of nitro groups is 1. The van der Waals surface area contributed by atoms with Crippen LogP contribution in [-0.2, 0) is 13.5 Å². The second-order valence-electron chi connectivity index (χ2n) is 6.51. The summed E-state index contributed by atoms with van der Waals surface area (Å²) in [4.78, 5) is 24.0. The Hall–Kier alpha value is -3.15. The average molecular weight is 366 g/mol. The fourth-order valence-electron chi connectivity index (χ4n) is 3.40. The van der Waals surface area contributed by atoms with Gasteiger partial charge in [0.25, 0.3) is 5.69 Å². The van der Waals surface area contributed by atoms with Gasteiger partial charge in [0.1, 0.15) is 5.75 Å². The molecule has 0 fully saturated rings. The number of hydrogen-bond donors (Lipinski definition) is 0. The average Bonchev–Trinajstić information content (AvgIpc) is 2.97. The first-order valence-electron chi connectivity index (χ1n) is 8.92. The second kappa shape index (κ2) is 7.61. The monoisotopic (exact) mass is 366 g/mol. The number of fused-ring (bicyclic) bond motifs is 1. The fraction of sp³-hybridized carbons (Fsp3) is 0.286. The number of aromatic nitrogens is 1. The third-order valence-electron chi connectivity index (χ3n) is 4.85. The Morgan fingerprint density at radius 1 is 1.19 bits per heavy atom. The minimum atomic E-state index is -0.402. The summed E-state index contributed by atoms with van der Waals surface area (Å²) in [5, 5.41) is 12.0. The lowest BCUT2D eigenvalue weighted by Gasteiger charge is -2.08. The lowest BCUT2D eigenvalue weighted by molar-refractivity contribution is -0.384. The zero-order chi connectivity index (χ0) is 19.6. The van der Waals surface area contributed by atoms with Crippen LogP contribution in [0.1, 0.15) is 41.4 Å². The highest BCUT2D eigenvalue weighted by Crippen LogP contribution is 2.31. The molecule has 3 rings (SSSR count). The van der Waals surface area contributed by atoms with Gasteiger partial charge in [-0.3, -0.25) is 14.9 Å². The molecule has 0 unspecified atom stereocenters. The van der Waals surface area contributed by atoms with Gasteiger partial charge in [-0.2, -0.15) is 0 Å². The number of ketones is 1. The van der Waals surface area contributed by atoms with Crippen LogP contribution < -0.4 is 4.74 Å². The van der Waals surface area contributed by atoms with Crippen LogP contribution in [0.2, 0.25) is 0 Å². The maximum Gasteiger partial charge on any atom is 0.270 e. The Labute approximate surface area is 157 Å². The number of hydrogen-bond acceptors (Lipinski definition) is 4. The van der Waals surface area contributed by atoms with Gasteiger partial charge in [0.2, 0.25) is 5.78 Å². The van der Waals surface area contributed by atoms with Crippen molar-refractivity contribution in [3.63, 3.8) is 0 Å². The Balaban J connectivity index is 2.18. The van der Waals surface area contributed by atoms with Crippen molar-refractivity contribution in [1.82, 2.24) is 4.57 Å². The molecule has 0 N–H and O–H groups in total. The van der Waals surface area contributed by atoms with Crippen molar-refractivity contribution < 1.29 is 14.5 Å². The van der Waals surface area contributed by atoms with Crippen LogP contribution in [0.25, 0.3) is 10.9 Å². The number of unbranched alkanes of at least 4 members (excludes halogenated alkanes) is 1. The van der Waals surface area contributed by atoms with Gasteiger partial charge in [0.05, 0.1) is 17.7 Å². The number of ether oxygens (including phenoxy) is 1. The summed E-state index contributed by atoms with van der Waals surface area (Å²) >= 11 is 0. The van der Waals surface area contributed by atoms with E-state index in [9.17, 15) is 14.9 Å². The van der Waals surface area contributed by atoms with E-state index in [1.165, 1.54) is 6.07 Å². The first-order valence-corrected chi connectivity index (χ1v) is 8.92. The van der Waals surface area contributed by atoms with E-state index < -0.39 is 4.92 Å². The third-order valence-corrected chi connectivity index (χ3v) is 4.85. The van der Waals surface area contributed by atoms with Crippen LogP contribution in [0.15, 0.2) is 42.5 Å². The van der Waals surface area contributed by atoms with E-state index in [-0.39, 0.29) is 11.5 Å². The summed E-state index contributed by atoms with van der Waals surface area (Å²) in [7, 11) is 3.41. The third kappa shape index (κ3) is 3.43. The summed E-state index contributed by atoms with van der Waals surface area (Å²) in [5.41, 5.74) is 2.88. The fourth-order valence-corrected chi connectivity index (χ4v) is 3.40. The number of non-ortho nitro benzene ring substituents is 1. The van der Waals surface area contributed by atoms with E-state index >= 15 is 0 Å². The SMILES string of the molecule is CCCCc1c(C(=O)c2ccc(OC)cc2)n(C)c2ccc([N+](=O)[O-])cc12. The molecule has 3 aromatic rings. The van der Waals surface area contributed by atoms with Crippen LogP contribution in [0.5, 0.6) is 5.75 Å². The maximum atomic E-state index is 13.2. The smallest absolute Gasteiger partial charge is 0.270 e. The van der Waals surface area contributed by atoms with Crippen molar-refractivity contribution in [2.24, 2.45) is 7.05 Å². The first-order chi connectivity index (χ1) is 13.0. The molecule has 27 heavy (non-hydrogen) atoms. The van der Waals surface area contributed by atoms with E-state index in [0.717, 1.165) is 29.3 Å². The molecule has 0 saturated heterocycles. The molecule has 0 aliphatic carbocycles. The summed E-state index contributed by atoms with van der Waals surface area (Å²) in [6, 6.07) is 11.8. The van der Waals surface area contributed by atoms with Gasteiger partial charge in [-0.1, -0.05) is 13.3 Å². The second-order valence-corrected chi connectivity index (χ2v) is 6.51. The van der Waals surface area contributed by atoms with Gasteiger partial charge < -0.3 is 9.30 Å². The molecule has 0 amide bonds. The number of carbonyl (C=O) groups is 1. The number of nitrogens with zero attached hydrogens (tertiary/aromatic N) is 2. The van der Waals surface area contributed by atoms with Crippen LogP contribution in [0.4, 0.5) is 5.69 Å². The van der Waals surface area contributed by atoms with E-state index in [1.807, 2.05) is 11.6 Å². The lowest BCUT2D eigenvalue weighted by Crippen LogP contribution is -2.10. The quantitative estimate of drug-likeness (QED) is 0.346. The Kier molecular flexibility index (Phi) is 5.26. The molecule has 140 valence electrons. The van der Waals surface area contributed by atoms with Crippen LogP contribution in [-0.4, -0.2) is 22.4 Å². The maximum absolute atomic E-state index is 13.2. The number of rotatable bonds is 7. The van der Waals surface area contributed by atoms with Crippen LogP contribution in [0, 0.1) is 10.1 Å². The largest absolute Gasteiger partial charge is 0.497 e. The number of aryl methyl sites for hydroxylation is 2. The van der Waals surface area contributed by atoms with Crippen molar-refractivity contribution in [3.8, 4) is 5.75 Å². The van der Waals surface area contributed by atoms with E-state index in [0.29, 0.717) is 23.4 Å². The summed E-state index contributed by atoms with van der Waals surface area (Å²) in [6.07, 6.45) is 2.58. The number of carbonyl (C=O) groups excluding carboxylic acids is 1. The minimum absolute atomic E-state index is 0.0364. The van der Waals surface area contributed by atoms with Gasteiger partial charge in [-0.25, -0.2) is 0 Å². The highest BCUT2D eigenvalue weighted by Gasteiger charge is 2.23. The lowest BCUT2D eigenvalue weighted by atomic mass is 9.99. The highest BCUT2D eigenvalue weighted by molar-refractivity contribution is 6.12. The number of nitro benzene ring substituents is 1. The van der Waals surface area contributed by atoms with E-state index in [4.69, 9.17) is 4.74 Å². The molecule has 1 aromatic heterocycles. The molecule has 6 heteroatoms. The normalized spacial score (nSPS) is 10.9. The van der Waals surface area contributed by atoms with Crippen molar-refractivity contribution in [3.05, 3.63) is 69.4 Å². The highest BCUT2D eigenvalue weighted by atomic mass is 16.6. The summed E-state index contributed by atoms with van der Waals surface area (Å²) < 4.78 is 7.00. The Morgan fingerprint density at radius 3 is 2.48 bits per heavy atom. The van der Waals surface area contributed by atoms with Crippen molar-refractivity contribution in [2.75, 3.05) is 7.11 Å². The molecule has 0 saturated carbocycles. The number of benzene rings is 2. The molecule has 0 aliphatic rings. The Morgan fingerprint density at radius 2 is 1.89 bits per heavy atom. The zero-order valence-electron chi connectivity index (χ0n) is 15.7. The molecule has 0 bridgehead atoms. The Bertz CT molecular complexity index is 1000. The molecule has 0 radical (unpaired) electrons. The van der Waals surface area contributed by atoms with Crippen LogP contribution >= 0.6 is 0 Å². The molecule has 1 heterocycles. The van der Waals surface area contributed by atoms with Gasteiger partial charge in [-0.05, 0) is 48.7 Å². The van der Waals surface area contributed by atoms with E-state index in [1.54, 1.807) is 43.5 Å². The van der Waals surface area contributed by atoms with E-state index in [2.05, 4.69) is 6.92 Å². The molecular weight excluding hydrogens is 344 g/mol. The minimum Gasteiger partial charge on any atom is -0.497 e. The topological polar surface area (TPSA) is 74.4 Å². The molecule has 0 spiro atoms. The van der Waals surface area contributed by atoms with Gasteiger partial charge >= 0.3 is 0 Å². The van der Waals surface area contributed by atoms with Crippen molar-refractivity contribution >= 4 is 22.4 Å². The molecule has 6 nitrogen and oxygen atoms in total. The molecule has 0 aliphatic heterocycles. The predicted molar refractivity (Wildman–Crippen MR) is 105 cm³/mol. The predicted octanol–water partition coefficient (Wildman–Crippen LogP) is 4.67. The summed E-state index contributed by atoms with van der Waals surface area (Å²) in [5.74, 6) is 0.593. The van der Waals surface area contributed by atoms with Crippen LogP contribution in [0.3, 0.4) is 0 Å². The zero-order valence-corrected chi connectivity index (χ0v) is 15.7. The van der Waals surface area contributed by atoms with Gasteiger partial charge in [-0.15, -0.1) is 0 Å². The molecule has 0 atom stereocenters. The van der Waals surface area contributed by atoms with Gasteiger partial charge in [0.15, 0.2) is 0 Å². The van der Waals surface area contributed by atoms with Crippen molar-refractivity contribution in [1.29, 1.82) is 0 Å². The molecule has 2 aromatic carbocycles. The standard InChI is InChI=1S/C21H22N2O4/c1-4-5-6-17-18-13-15(23(25)26)9-12-19(18)22(2)20(17)21(24)14-7-10-16(27-3)11-8-14/h7-13H,4-6H2,1-3H3. The van der Waals surface area contributed by atoms with Crippen molar-refractivity contribution in [2.45, 2.75) is 26.2 Å². The van der Waals surface area contributed by atoms with Gasteiger partial charge in [0, 0.05) is 35.6 Å². The number of methoxy groups -OCH3 is 1.